The Labute approximate surface area is 147 Å². The van der Waals surface area contributed by atoms with E-state index in [1.807, 2.05) is 37.0 Å². The van der Waals surface area contributed by atoms with Gasteiger partial charge in [-0.2, -0.15) is 5.10 Å². The fourth-order valence-corrected chi connectivity index (χ4v) is 3.54. The predicted octanol–water partition coefficient (Wildman–Crippen LogP) is 3.23. The molecule has 0 bridgehead atoms. The number of anilines is 1. The van der Waals surface area contributed by atoms with Gasteiger partial charge in [0.25, 0.3) is 0 Å². The Balaban J connectivity index is 1.73. The summed E-state index contributed by atoms with van der Waals surface area (Å²) < 4.78 is 1.94. The fourth-order valence-electron chi connectivity index (χ4n) is 3.54. The monoisotopic (exact) mass is 334 g/mol. The van der Waals surface area contributed by atoms with Gasteiger partial charge in [-0.15, -0.1) is 0 Å². The normalized spacial score (nSPS) is 17.2. The first-order valence-electron chi connectivity index (χ1n) is 8.64. The highest BCUT2D eigenvalue weighted by molar-refractivity contribution is 5.58. The zero-order chi connectivity index (χ0) is 17.4. The largest absolute Gasteiger partial charge is 0.349 e. The maximum absolute atomic E-state index is 4.86. The summed E-state index contributed by atoms with van der Waals surface area (Å²) in [5.74, 6) is 1.75. The number of pyridine rings is 1. The van der Waals surface area contributed by atoms with Crippen molar-refractivity contribution in [2.45, 2.75) is 32.7 Å². The van der Waals surface area contributed by atoms with Crippen molar-refractivity contribution < 1.29 is 0 Å². The molecule has 4 heterocycles. The van der Waals surface area contributed by atoms with E-state index < -0.39 is 0 Å². The van der Waals surface area contributed by atoms with Crippen molar-refractivity contribution in [3.8, 4) is 11.4 Å². The number of aryl methyl sites for hydroxylation is 2. The standard InChI is InChI=1S/C19H22N6/c1-13-11-18(23-19(22-13)15-6-8-20-9-7-15)25-10-4-5-17(25)16-12-21-24(3)14(16)2/h6-9,11-12,17H,4-5,10H2,1-3H3/t17-/m1/s1. The van der Waals surface area contributed by atoms with Crippen LogP contribution < -0.4 is 4.90 Å². The summed E-state index contributed by atoms with van der Waals surface area (Å²) in [6.07, 6.45) is 7.83. The molecule has 0 saturated carbocycles. The maximum Gasteiger partial charge on any atom is 0.161 e. The van der Waals surface area contributed by atoms with Crippen LogP contribution in [0.2, 0.25) is 0 Å². The van der Waals surface area contributed by atoms with Crippen LogP contribution in [0, 0.1) is 13.8 Å². The van der Waals surface area contributed by atoms with Crippen molar-refractivity contribution in [3.63, 3.8) is 0 Å². The zero-order valence-electron chi connectivity index (χ0n) is 14.8. The molecule has 0 N–H and O–H groups in total. The minimum absolute atomic E-state index is 0.327. The molecule has 0 spiro atoms. The first-order chi connectivity index (χ1) is 12.1. The third-order valence-corrected chi connectivity index (χ3v) is 4.96. The van der Waals surface area contributed by atoms with E-state index >= 15 is 0 Å². The lowest BCUT2D eigenvalue weighted by Crippen LogP contribution is -2.24. The number of hydrogen-bond donors (Lipinski definition) is 0. The predicted molar refractivity (Wildman–Crippen MR) is 97.3 cm³/mol. The quantitative estimate of drug-likeness (QED) is 0.736. The molecule has 25 heavy (non-hydrogen) atoms. The molecule has 1 atom stereocenters. The second kappa shape index (κ2) is 6.27. The molecule has 0 unspecified atom stereocenters. The summed E-state index contributed by atoms with van der Waals surface area (Å²) in [4.78, 5) is 15.9. The van der Waals surface area contributed by atoms with Crippen LogP contribution in [-0.2, 0) is 7.05 Å². The molecule has 4 rings (SSSR count). The lowest BCUT2D eigenvalue weighted by atomic mass is 10.1. The van der Waals surface area contributed by atoms with Crippen LogP contribution >= 0.6 is 0 Å². The number of rotatable bonds is 3. The van der Waals surface area contributed by atoms with E-state index in [1.165, 1.54) is 11.3 Å². The molecule has 1 saturated heterocycles. The highest BCUT2D eigenvalue weighted by Gasteiger charge is 2.30. The molecule has 0 radical (unpaired) electrons. The van der Waals surface area contributed by atoms with Crippen molar-refractivity contribution in [1.29, 1.82) is 0 Å². The van der Waals surface area contributed by atoms with Gasteiger partial charge in [-0.05, 0) is 38.8 Å². The topological polar surface area (TPSA) is 59.7 Å². The van der Waals surface area contributed by atoms with Crippen molar-refractivity contribution >= 4 is 5.82 Å². The van der Waals surface area contributed by atoms with Gasteiger partial charge in [0.2, 0.25) is 0 Å². The van der Waals surface area contributed by atoms with E-state index in [0.29, 0.717) is 6.04 Å². The summed E-state index contributed by atoms with van der Waals surface area (Å²) >= 11 is 0. The smallest absolute Gasteiger partial charge is 0.161 e. The van der Waals surface area contributed by atoms with Gasteiger partial charge in [-0.25, -0.2) is 9.97 Å². The molecule has 0 aromatic carbocycles. The van der Waals surface area contributed by atoms with E-state index in [9.17, 15) is 0 Å². The van der Waals surface area contributed by atoms with E-state index in [2.05, 4.69) is 33.0 Å². The summed E-state index contributed by atoms with van der Waals surface area (Å²) in [7, 11) is 1.99. The van der Waals surface area contributed by atoms with Crippen molar-refractivity contribution in [1.82, 2.24) is 24.7 Å². The van der Waals surface area contributed by atoms with Gasteiger partial charge in [-0.3, -0.25) is 9.67 Å². The molecular weight excluding hydrogens is 312 g/mol. The first-order valence-corrected chi connectivity index (χ1v) is 8.64. The molecule has 3 aromatic heterocycles. The van der Waals surface area contributed by atoms with Crippen molar-refractivity contribution in [2.24, 2.45) is 7.05 Å². The Morgan fingerprint density at radius 2 is 1.92 bits per heavy atom. The minimum Gasteiger partial charge on any atom is -0.349 e. The Morgan fingerprint density at radius 1 is 1.12 bits per heavy atom. The third kappa shape index (κ3) is 2.88. The second-order valence-electron chi connectivity index (χ2n) is 6.59. The van der Waals surface area contributed by atoms with E-state index in [1.54, 1.807) is 12.4 Å². The van der Waals surface area contributed by atoms with Gasteiger partial charge in [0, 0.05) is 54.6 Å². The van der Waals surface area contributed by atoms with Crippen LogP contribution in [0.3, 0.4) is 0 Å². The lowest BCUT2D eigenvalue weighted by Gasteiger charge is -2.26. The van der Waals surface area contributed by atoms with Crippen LogP contribution in [0.25, 0.3) is 11.4 Å². The van der Waals surface area contributed by atoms with Crippen LogP contribution in [0.1, 0.15) is 35.8 Å². The minimum atomic E-state index is 0.327. The molecule has 3 aromatic rings. The average molecular weight is 334 g/mol. The van der Waals surface area contributed by atoms with Crippen molar-refractivity contribution in [3.05, 3.63) is 53.7 Å². The summed E-state index contributed by atoms with van der Waals surface area (Å²) in [5.41, 5.74) is 4.48. The second-order valence-corrected chi connectivity index (χ2v) is 6.59. The molecule has 6 nitrogen and oxygen atoms in total. The molecular formula is C19H22N6. The summed E-state index contributed by atoms with van der Waals surface area (Å²) in [5, 5.41) is 4.42. The molecule has 128 valence electrons. The van der Waals surface area contributed by atoms with Crippen LogP contribution in [0.5, 0.6) is 0 Å². The first kappa shape index (κ1) is 15.7. The third-order valence-electron chi connectivity index (χ3n) is 4.96. The molecule has 6 heteroatoms. The van der Waals surface area contributed by atoms with Crippen LogP contribution in [0.15, 0.2) is 36.8 Å². The van der Waals surface area contributed by atoms with Gasteiger partial charge in [0.05, 0.1) is 12.2 Å². The number of hydrogen-bond acceptors (Lipinski definition) is 5. The van der Waals surface area contributed by atoms with Crippen LogP contribution in [-0.4, -0.2) is 31.3 Å². The average Bonchev–Trinajstić information content (AvgIpc) is 3.23. The van der Waals surface area contributed by atoms with Gasteiger partial charge in [0.1, 0.15) is 5.82 Å². The lowest BCUT2D eigenvalue weighted by molar-refractivity contribution is 0.693. The number of aromatic nitrogens is 5. The molecule has 0 aliphatic carbocycles. The Kier molecular flexibility index (Phi) is 3.95. The molecule has 1 aliphatic rings. The highest BCUT2D eigenvalue weighted by Crippen LogP contribution is 2.37. The fraction of sp³-hybridized carbons (Fsp3) is 0.368. The van der Waals surface area contributed by atoms with Gasteiger partial charge in [-0.1, -0.05) is 0 Å². The van der Waals surface area contributed by atoms with E-state index in [0.717, 1.165) is 42.3 Å². The van der Waals surface area contributed by atoms with Gasteiger partial charge < -0.3 is 4.90 Å². The maximum atomic E-state index is 4.86. The molecule has 1 fully saturated rings. The zero-order valence-corrected chi connectivity index (χ0v) is 14.8. The van der Waals surface area contributed by atoms with E-state index in [4.69, 9.17) is 4.98 Å². The molecule has 1 aliphatic heterocycles. The summed E-state index contributed by atoms with van der Waals surface area (Å²) in [6, 6.07) is 6.30. The Hall–Kier alpha value is -2.76. The number of nitrogens with zero attached hydrogens (tertiary/aromatic N) is 6. The van der Waals surface area contributed by atoms with Gasteiger partial charge in [0.15, 0.2) is 5.82 Å². The Morgan fingerprint density at radius 3 is 2.64 bits per heavy atom. The SMILES string of the molecule is Cc1cc(N2CCC[C@@H]2c2cnn(C)c2C)nc(-c2ccncc2)n1. The molecule has 0 amide bonds. The van der Waals surface area contributed by atoms with Crippen LogP contribution in [0.4, 0.5) is 5.82 Å². The highest BCUT2D eigenvalue weighted by atomic mass is 15.3. The van der Waals surface area contributed by atoms with Gasteiger partial charge >= 0.3 is 0 Å². The van der Waals surface area contributed by atoms with E-state index in [-0.39, 0.29) is 0 Å². The Bertz CT molecular complexity index is 886. The summed E-state index contributed by atoms with van der Waals surface area (Å²) in [6.45, 7) is 5.16. The van der Waals surface area contributed by atoms with Crippen molar-refractivity contribution in [2.75, 3.05) is 11.4 Å².